The number of urea groups is 1. The minimum Gasteiger partial charge on any atom is -0.368 e. The lowest BCUT2D eigenvalue weighted by molar-refractivity contribution is -0.138. The molecule has 5 amide bonds. The molecule has 1 heterocycles. The SMILES string of the molecule is CC1CC(C)(C)CC2(C1)NC(=O)N(CC(=O)NC(Cc1ccccc1)C(N)=O)C2=O. The molecule has 0 bridgehead atoms. The van der Waals surface area contributed by atoms with Crippen LogP contribution in [0.5, 0.6) is 0 Å². The summed E-state index contributed by atoms with van der Waals surface area (Å²) in [4.78, 5) is 51.0. The van der Waals surface area contributed by atoms with Crippen LogP contribution in [-0.2, 0) is 20.8 Å². The van der Waals surface area contributed by atoms with E-state index in [0.29, 0.717) is 12.8 Å². The van der Waals surface area contributed by atoms with Crippen molar-refractivity contribution in [3.8, 4) is 0 Å². The summed E-state index contributed by atoms with van der Waals surface area (Å²) in [5.74, 6) is -1.38. The Balaban J connectivity index is 1.68. The Bertz CT molecular complexity index is 854. The van der Waals surface area contributed by atoms with E-state index >= 15 is 0 Å². The van der Waals surface area contributed by atoms with Crippen LogP contribution in [0.15, 0.2) is 30.3 Å². The van der Waals surface area contributed by atoms with Crippen LogP contribution in [0.1, 0.15) is 45.6 Å². The van der Waals surface area contributed by atoms with Gasteiger partial charge in [0, 0.05) is 6.42 Å². The Morgan fingerprint density at radius 3 is 2.50 bits per heavy atom. The number of nitrogens with zero attached hydrogens (tertiary/aromatic N) is 1. The molecule has 30 heavy (non-hydrogen) atoms. The quantitative estimate of drug-likeness (QED) is 0.608. The molecule has 4 N–H and O–H groups in total. The van der Waals surface area contributed by atoms with E-state index in [0.717, 1.165) is 16.9 Å². The van der Waals surface area contributed by atoms with Crippen LogP contribution in [0.2, 0.25) is 0 Å². The lowest BCUT2D eigenvalue weighted by Crippen LogP contribution is -2.54. The van der Waals surface area contributed by atoms with Gasteiger partial charge in [-0.1, -0.05) is 51.1 Å². The number of amides is 5. The van der Waals surface area contributed by atoms with E-state index in [-0.39, 0.29) is 23.7 Å². The van der Waals surface area contributed by atoms with Gasteiger partial charge >= 0.3 is 6.03 Å². The predicted molar refractivity (Wildman–Crippen MR) is 111 cm³/mol. The Morgan fingerprint density at radius 2 is 1.90 bits per heavy atom. The van der Waals surface area contributed by atoms with Crippen LogP contribution in [0.25, 0.3) is 0 Å². The molecule has 0 aromatic heterocycles. The third kappa shape index (κ3) is 4.63. The number of hydrogen-bond donors (Lipinski definition) is 3. The largest absolute Gasteiger partial charge is 0.368 e. The molecular formula is C22H30N4O4. The number of nitrogens with two attached hydrogens (primary N) is 1. The lowest BCUT2D eigenvalue weighted by Gasteiger charge is -2.43. The molecule has 162 valence electrons. The highest BCUT2D eigenvalue weighted by atomic mass is 16.2. The highest BCUT2D eigenvalue weighted by Gasteiger charge is 2.56. The molecule has 2 fully saturated rings. The molecule has 1 aliphatic carbocycles. The number of carbonyl (C=O) groups is 4. The van der Waals surface area contributed by atoms with E-state index in [1.807, 2.05) is 30.3 Å². The molecule has 1 saturated heterocycles. The molecule has 1 saturated carbocycles. The average molecular weight is 415 g/mol. The molecule has 1 aromatic carbocycles. The molecule has 3 rings (SSSR count). The summed E-state index contributed by atoms with van der Waals surface area (Å²) >= 11 is 0. The van der Waals surface area contributed by atoms with Crippen LogP contribution in [0, 0.1) is 11.3 Å². The predicted octanol–water partition coefficient (Wildman–Crippen LogP) is 1.34. The van der Waals surface area contributed by atoms with Crippen molar-refractivity contribution in [2.24, 2.45) is 17.1 Å². The van der Waals surface area contributed by atoms with Crippen molar-refractivity contribution in [1.82, 2.24) is 15.5 Å². The van der Waals surface area contributed by atoms with Gasteiger partial charge in [-0.2, -0.15) is 0 Å². The van der Waals surface area contributed by atoms with Gasteiger partial charge in [-0.3, -0.25) is 19.3 Å². The minimum absolute atomic E-state index is 0.0916. The van der Waals surface area contributed by atoms with Crippen LogP contribution in [0.3, 0.4) is 0 Å². The number of primary amides is 1. The third-order valence-corrected chi connectivity index (χ3v) is 5.89. The number of hydrogen-bond acceptors (Lipinski definition) is 4. The van der Waals surface area contributed by atoms with Crippen LogP contribution in [-0.4, -0.2) is 46.8 Å². The van der Waals surface area contributed by atoms with Gasteiger partial charge in [0.1, 0.15) is 18.1 Å². The first-order valence-electron chi connectivity index (χ1n) is 10.3. The topological polar surface area (TPSA) is 122 Å². The van der Waals surface area contributed by atoms with E-state index in [1.165, 1.54) is 0 Å². The zero-order valence-electron chi connectivity index (χ0n) is 17.7. The third-order valence-electron chi connectivity index (χ3n) is 5.89. The first kappa shape index (κ1) is 21.8. The number of benzene rings is 1. The van der Waals surface area contributed by atoms with Crippen LogP contribution in [0.4, 0.5) is 4.79 Å². The summed E-state index contributed by atoms with van der Waals surface area (Å²) in [6, 6.07) is 7.66. The molecule has 8 heteroatoms. The molecule has 1 spiro atoms. The molecule has 2 aliphatic rings. The van der Waals surface area contributed by atoms with Crippen molar-refractivity contribution in [2.45, 2.75) is 58.0 Å². The van der Waals surface area contributed by atoms with Gasteiger partial charge in [0.25, 0.3) is 5.91 Å². The van der Waals surface area contributed by atoms with E-state index in [1.54, 1.807) is 0 Å². The molecule has 1 aromatic rings. The molecule has 3 atom stereocenters. The summed E-state index contributed by atoms with van der Waals surface area (Å²) in [7, 11) is 0. The van der Waals surface area contributed by atoms with Gasteiger partial charge in [0.2, 0.25) is 11.8 Å². The second-order valence-electron chi connectivity index (χ2n) is 9.47. The highest BCUT2D eigenvalue weighted by Crippen LogP contribution is 2.46. The Labute approximate surface area is 176 Å². The van der Waals surface area contributed by atoms with Crippen LogP contribution < -0.4 is 16.4 Å². The minimum atomic E-state index is -0.967. The first-order chi connectivity index (χ1) is 14.0. The van der Waals surface area contributed by atoms with Crippen molar-refractivity contribution < 1.29 is 19.2 Å². The van der Waals surface area contributed by atoms with Gasteiger partial charge in [-0.05, 0) is 36.2 Å². The number of rotatable bonds is 6. The molecule has 8 nitrogen and oxygen atoms in total. The van der Waals surface area contributed by atoms with E-state index < -0.39 is 36.0 Å². The van der Waals surface area contributed by atoms with Gasteiger partial charge in [-0.15, -0.1) is 0 Å². The van der Waals surface area contributed by atoms with Crippen molar-refractivity contribution >= 4 is 23.8 Å². The first-order valence-corrected chi connectivity index (χ1v) is 10.3. The average Bonchev–Trinajstić information content (AvgIpc) is 2.83. The second kappa shape index (κ2) is 8.08. The van der Waals surface area contributed by atoms with Gasteiger partial charge in [0.15, 0.2) is 0 Å². The summed E-state index contributed by atoms with van der Waals surface area (Å²) in [5.41, 5.74) is 5.22. The summed E-state index contributed by atoms with van der Waals surface area (Å²) in [5, 5.41) is 5.40. The smallest absolute Gasteiger partial charge is 0.325 e. The standard InChI is InChI=1S/C22H30N4O4/c1-14-10-21(2,3)13-22(11-14)19(29)26(20(30)25-22)12-17(27)24-16(18(23)28)9-15-7-5-4-6-8-15/h4-8,14,16H,9-13H2,1-3H3,(H2,23,28)(H,24,27)(H,25,30). The normalized spacial score (nSPS) is 26.4. The summed E-state index contributed by atoms with van der Waals surface area (Å²) in [6.07, 6.45) is 2.29. The summed E-state index contributed by atoms with van der Waals surface area (Å²) < 4.78 is 0. The van der Waals surface area contributed by atoms with Crippen molar-refractivity contribution in [2.75, 3.05) is 6.54 Å². The van der Waals surface area contributed by atoms with Gasteiger partial charge in [0.05, 0.1) is 0 Å². The Hall–Kier alpha value is -2.90. The van der Waals surface area contributed by atoms with Gasteiger partial charge < -0.3 is 16.4 Å². The van der Waals surface area contributed by atoms with Crippen molar-refractivity contribution in [1.29, 1.82) is 0 Å². The fourth-order valence-electron chi connectivity index (χ4n) is 5.11. The van der Waals surface area contributed by atoms with E-state index in [9.17, 15) is 19.2 Å². The lowest BCUT2D eigenvalue weighted by atomic mass is 9.64. The fourth-order valence-corrected chi connectivity index (χ4v) is 5.11. The van der Waals surface area contributed by atoms with Gasteiger partial charge in [-0.25, -0.2) is 4.79 Å². The van der Waals surface area contributed by atoms with E-state index in [2.05, 4.69) is 31.4 Å². The maximum Gasteiger partial charge on any atom is 0.325 e. The maximum absolute atomic E-state index is 13.1. The van der Waals surface area contributed by atoms with Crippen molar-refractivity contribution in [3.05, 3.63) is 35.9 Å². The van der Waals surface area contributed by atoms with E-state index in [4.69, 9.17) is 5.73 Å². The number of imide groups is 1. The molecule has 0 radical (unpaired) electrons. The Morgan fingerprint density at radius 1 is 1.23 bits per heavy atom. The highest BCUT2D eigenvalue weighted by molar-refractivity contribution is 6.09. The van der Waals surface area contributed by atoms with Crippen molar-refractivity contribution in [3.63, 3.8) is 0 Å². The summed E-state index contributed by atoms with van der Waals surface area (Å²) in [6.45, 7) is 5.79. The second-order valence-corrected chi connectivity index (χ2v) is 9.47. The molecule has 3 unspecified atom stereocenters. The zero-order chi connectivity index (χ0) is 22.1. The molecular weight excluding hydrogens is 384 g/mol. The Kier molecular flexibility index (Phi) is 5.87. The number of nitrogens with one attached hydrogen (secondary N) is 2. The maximum atomic E-state index is 13.1. The zero-order valence-corrected chi connectivity index (χ0v) is 17.7. The van der Waals surface area contributed by atoms with Crippen LogP contribution >= 0.6 is 0 Å². The monoisotopic (exact) mass is 414 g/mol. The fraction of sp³-hybridized carbons (Fsp3) is 0.545. The molecule has 1 aliphatic heterocycles. The number of carbonyl (C=O) groups excluding carboxylic acids is 4.